The van der Waals surface area contributed by atoms with Crippen molar-refractivity contribution in [1.29, 1.82) is 5.26 Å². The van der Waals surface area contributed by atoms with E-state index in [1.807, 2.05) is 37.3 Å². The minimum atomic E-state index is -0.723. The molecule has 142 valence electrons. The molecule has 3 rings (SSSR count). The number of nitrogens with zero attached hydrogens (tertiary/aromatic N) is 1. The van der Waals surface area contributed by atoms with E-state index in [1.54, 1.807) is 18.2 Å². The summed E-state index contributed by atoms with van der Waals surface area (Å²) >= 11 is 5.93. The first-order valence-corrected chi connectivity index (χ1v) is 8.71. The predicted molar refractivity (Wildman–Crippen MR) is 104 cm³/mol. The molecule has 0 fully saturated rings. The number of hydrogen-bond donors (Lipinski definition) is 2. The van der Waals surface area contributed by atoms with E-state index in [0.29, 0.717) is 10.8 Å². The van der Waals surface area contributed by atoms with Crippen molar-refractivity contribution in [3.05, 3.63) is 64.4 Å². The Hall–Kier alpha value is -3.50. The van der Waals surface area contributed by atoms with E-state index in [1.165, 1.54) is 0 Å². The van der Waals surface area contributed by atoms with Gasteiger partial charge in [0, 0.05) is 5.02 Å². The molecule has 28 heavy (non-hydrogen) atoms. The minimum absolute atomic E-state index is 0.154. The number of rotatable bonds is 6. The number of nitriles is 1. The molecule has 0 amide bonds. The first-order chi connectivity index (χ1) is 13.5. The van der Waals surface area contributed by atoms with Gasteiger partial charge in [-0.2, -0.15) is 5.26 Å². The number of benzene rings is 2. The van der Waals surface area contributed by atoms with Crippen LogP contribution in [0.5, 0.6) is 5.75 Å². The van der Waals surface area contributed by atoms with E-state index in [4.69, 9.17) is 21.1 Å². The molecule has 2 N–H and O–H groups in total. The van der Waals surface area contributed by atoms with Crippen molar-refractivity contribution in [2.75, 3.05) is 23.8 Å². The van der Waals surface area contributed by atoms with Crippen LogP contribution in [0.25, 0.3) is 0 Å². The minimum Gasteiger partial charge on any atom is -0.482 e. The third kappa shape index (κ3) is 4.42. The summed E-state index contributed by atoms with van der Waals surface area (Å²) in [6.45, 7) is 0.884. The van der Waals surface area contributed by atoms with Crippen LogP contribution in [0, 0.1) is 18.3 Å². The number of esters is 1. The van der Waals surface area contributed by atoms with Crippen LogP contribution in [-0.2, 0) is 14.3 Å². The number of ether oxygens (including phenoxy) is 2. The van der Waals surface area contributed by atoms with E-state index in [9.17, 15) is 14.9 Å². The Morgan fingerprint density at radius 3 is 2.39 bits per heavy atom. The van der Waals surface area contributed by atoms with Gasteiger partial charge in [-0.25, -0.2) is 4.79 Å². The molecule has 1 aliphatic rings. The number of nitrogens with one attached hydrogen (secondary N) is 2. The van der Waals surface area contributed by atoms with Crippen LogP contribution in [0.1, 0.15) is 5.56 Å². The molecule has 0 radical (unpaired) electrons. The Morgan fingerprint density at radius 2 is 1.79 bits per heavy atom. The average molecular weight is 398 g/mol. The number of fused-ring (bicyclic) bond motifs is 1. The Morgan fingerprint density at radius 1 is 1.11 bits per heavy atom. The Balaban J connectivity index is 1.54. The van der Waals surface area contributed by atoms with Crippen LogP contribution in [0.3, 0.4) is 0 Å². The molecular weight excluding hydrogens is 382 g/mol. The van der Waals surface area contributed by atoms with Gasteiger partial charge in [-0.3, -0.25) is 4.79 Å². The van der Waals surface area contributed by atoms with Gasteiger partial charge in [-0.05, 0) is 42.8 Å². The van der Waals surface area contributed by atoms with Crippen molar-refractivity contribution in [2.45, 2.75) is 6.92 Å². The fraction of sp³-hybridized carbons (Fsp3) is 0.150. The van der Waals surface area contributed by atoms with Gasteiger partial charge >= 0.3 is 5.97 Å². The molecule has 8 heteroatoms. The fourth-order valence-electron chi connectivity index (χ4n) is 2.49. The zero-order valence-corrected chi connectivity index (χ0v) is 15.7. The fourth-order valence-corrected chi connectivity index (χ4v) is 2.61. The summed E-state index contributed by atoms with van der Waals surface area (Å²) in [5, 5.41) is 15.8. The van der Waals surface area contributed by atoms with Gasteiger partial charge in [0.1, 0.15) is 23.2 Å². The third-order valence-corrected chi connectivity index (χ3v) is 4.36. The van der Waals surface area contributed by atoms with E-state index in [2.05, 4.69) is 10.6 Å². The van der Waals surface area contributed by atoms with Gasteiger partial charge in [0.2, 0.25) is 5.78 Å². The lowest BCUT2D eigenvalue weighted by Gasteiger charge is -2.08. The van der Waals surface area contributed by atoms with Crippen LogP contribution >= 0.6 is 11.6 Å². The molecule has 0 spiro atoms. The quantitative estimate of drug-likeness (QED) is 0.437. The van der Waals surface area contributed by atoms with Crippen LogP contribution in [0.2, 0.25) is 5.02 Å². The Bertz CT molecular complexity index is 984. The molecule has 0 unspecified atom stereocenters. The summed E-state index contributed by atoms with van der Waals surface area (Å²) < 4.78 is 10.2. The maximum absolute atomic E-state index is 12.3. The van der Waals surface area contributed by atoms with Crippen molar-refractivity contribution in [2.24, 2.45) is 0 Å². The molecular formula is C20H16ClN3O4. The standard InChI is InChI=1S/C20H16ClN3O4/c1-12-8-13(6-7-15(12)21)27-11-19(26)28-10-18(25)14(9-22)20-23-16-4-2-3-5-17(16)24-20/h2-8,23-24H,10-11H2,1H3. The number of Topliss-reactive ketones (excluding diaryl/α,β-unsaturated/α-hetero) is 1. The molecule has 1 heterocycles. The lowest BCUT2D eigenvalue weighted by molar-refractivity contribution is -0.149. The summed E-state index contributed by atoms with van der Waals surface area (Å²) in [6, 6.07) is 14.1. The number of carbonyl (C=O) groups is 2. The van der Waals surface area contributed by atoms with Gasteiger partial charge in [0.05, 0.1) is 11.4 Å². The number of anilines is 2. The second-order valence-corrected chi connectivity index (χ2v) is 6.35. The maximum Gasteiger partial charge on any atom is 0.344 e. The number of para-hydroxylation sites is 2. The normalized spacial score (nSPS) is 11.5. The maximum atomic E-state index is 12.3. The summed E-state index contributed by atoms with van der Waals surface area (Å²) in [5.74, 6) is -0.625. The number of ketones is 1. The first kappa shape index (κ1) is 19.3. The largest absolute Gasteiger partial charge is 0.482 e. The van der Waals surface area contributed by atoms with E-state index < -0.39 is 18.4 Å². The van der Waals surface area contributed by atoms with E-state index >= 15 is 0 Å². The highest BCUT2D eigenvalue weighted by molar-refractivity contribution is 6.31. The van der Waals surface area contributed by atoms with Crippen molar-refractivity contribution >= 4 is 34.7 Å². The van der Waals surface area contributed by atoms with Gasteiger partial charge in [0.15, 0.2) is 13.2 Å². The number of aryl methyl sites for hydroxylation is 1. The Labute approximate surface area is 166 Å². The third-order valence-electron chi connectivity index (χ3n) is 3.94. The lowest BCUT2D eigenvalue weighted by Crippen LogP contribution is -2.22. The molecule has 1 aliphatic heterocycles. The molecule has 2 aromatic rings. The Kier molecular flexibility index (Phi) is 5.82. The summed E-state index contributed by atoms with van der Waals surface area (Å²) in [7, 11) is 0. The summed E-state index contributed by atoms with van der Waals surface area (Å²) in [4.78, 5) is 24.1. The summed E-state index contributed by atoms with van der Waals surface area (Å²) in [6.07, 6.45) is 0. The van der Waals surface area contributed by atoms with Crippen LogP contribution in [0.15, 0.2) is 53.9 Å². The van der Waals surface area contributed by atoms with E-state index in [0.717, 1.165) is 16.9 Å². The van der Waals surface area contributed by atoms with Gasteiger partial charge in [0.25, 0.3) is 0 Å². The second-order valence-electron chi connectivity index (χ2n) is 5.94. The van der Waals surface area contributed by atoms with Gasteiger partial charge in [-0.1, -0.05) is 23.7 Å². The number of halogens is 1. The highest BCUT2D eigenvalue weighted by Gasteiger charge is 2.22. The smallest absolute Gasteiger partial charge is 0.344 e. The zero-order chi connectivity index (χ0) is 20.1. The SMILES string of the molecule is Cc1cc(OCC(=O)OCC(=O)C(C#N)=C2Nc3ccccc3N2)ccc1Cl. The lowest BCUT2D eigenvalue weighted by atomic mass is 10.2. The predicted octanol–water partition coefficient (Wildman–Crippen LogP) is 3.41. The van der Waals surface area contributed by atoms with Crippen molar-refractivity contribution < 1.29 is 19.1 Å². The molecule has 0 saturated carbocycles. The molecule has 0 saturated heterocycles. The zero-order valence-electron chi connectivity index (χ0n) is 14.9. The molecule has 0 bridgehead atoms. The van der Waals surface area contributed by atoms with E-state index in [-0.39, 0.29) is 18.0 Å². The average Bonchev–Trinajstić information content (AvgIpc) is 3.11. The molecule has 7 nitrogen and oxygen atoms in total. The van der Waals surface area contributed by atoms with Crippen LogP contribution in [-0.4, -0.2) is 25.0 Å². The van der Waals surface area contributed by atoms with Crippen molar-refractivity contribution in [3.63, 3.8) is 0 Å². The van der Waals surface area contributed by atoms with Gasteiger partial charge < -0.3 is 20.1 Å². The van der Waals surface area contributed by atoms with Gasteiger partial charge in [-0.15, -0.1) is 0 Å². The molecule has 0 aromatic heterocycles. The van der Waals surface area contributed by atoms with Crippen LogP contribution in [0.4, 0.5) is 11.4 Å². The number of carbonyl (C=O) groups excluding carboxylic acids is 2. The molecule has 0 aliphatic carbocycles. The molecule has 0 atom stereocenters. The first-order valence-electron chi connectivity index (χ1n) is 8.33. The summed E-state index contributed by atoms with van der Waals surface area (Å²) in [5.41, 5.74) is 2.16. The highest BCUT2D eigenvalue weighted by Crippen LogP contribution is 2.31. The highest BCUT2D eigenvalue weighted by atomic mass is 35.5. The van der Waals surface area contributed by atoms with Crippen molar-refractivity contribution in [1.82, 2.24) is 0 Å². The monoisotopic (exact) mass is 397 g/mol. The topological polar surface area (TPSA) is 100 Å². The number of hydrogen-bond acceptors (Lipinski definition) is 7. The second kappa shape index (κ2) is 8.46. The molecule has 2 aromatic carbocycles. The van der Waals surface area contributed by atoms with Crippen molar-refractivity contribution in [3.8, 4) is 11.8 Å². The van der Waals surface area contributed by atoms with Crippen LogP contribution < -0.4 is 15.4 Å².